The predicted octanol–water partition coefficient (Wildman–Crippen LogP) is 3.55. The van der Waals surface area contributed by atoms with Crippen molar-refractivity contribution in [3.63, 3.8) is 0 Å². The lowest BCUT2D eigenvalue weighted by molar-refractivity contribution is 0.370. The lowest BCUT2D eigenvalue weighted by atomic mass is 9.93. The van der Waals surface area contributed by atoms with Gasteiger partial charge in [0.15, 0.2) is 5.96 Å². The summed E-state index contributed by atoms with van der Waals surface area (Å²) in [5, 5.41) is 7.81. The fourth-order valence-corrected chi connectivity index (χ4v) is 3.39. The molecule has 1 unspecified atom stereocenters. The summed E-state index contributed by atoms with van der Waals surface area (Å²) in [5.74, 6) is 1.57. The standard InChI is InChI=1S/C16H27N3S/c1-5-17-15(19-8-7-16(3,4)12-19)18-10-13(2)14-6-9-20-11-14/h6,9,11,13H,5,7-8,10,12H2,1-4H3,(H,17,18). The minimum Gasteiger partial charge on any atom is -0.357 e. The van der Waals surface area contributed by atoms with Crippen molar-refractivity contribution in [3.05, 3.63) is 22.4 Å². The van der Waals surface area contributed by atoms with Crippen LogP contribution in [0.5, 0.6) is 0 Å². The molecule has 1 aromatic rings. The number of hydrogen-bond donors (Lipinski definition) is 1. The number of aliphatic imine (C=N–C) groups is 1. The first-order valence-electron chi connectivity index (χ1n) is 7.57. The fraction of sp³-hybridized carbons (Fsp3) is 0.688. The van der Waals surface area contributed by atoms with E-state index in [0.29, 0.717) is 11.3 Å². The number of likely N-dealkylation sites (tertiary alicyclic amines) is 1. The lowest BCUT2D eigenvalue weighted by Gasteiger charge is -2.24. The van der Waals surface area contributed by atoms with Crippen LogP contribution in [0.25, 0.3) is 0 Å². The molecule has 1 aliphatic heterocycles. The summed E-state index contributed by atoms with van der Waals surface area (Å²) in [6.07, 6.45) is 1.25. The van der Waals surface area contributed by atoms with E-state index in [1.807, 2.05) is 0 Å². The van der Waals surface area contributed by atoms with Crippen LogP contribution >= 0.6 is 11.3 Å². The smallest absolute Gasteiger partial charge is 0.193 e. The fourth-order valence-electron chi connectivity index (χ4n) is 2.60. The molecule has 1 N–H and O–H groups in total. The number of nitrogens with zero attached hydrogens (tertiary/aromatic N) is 2. The molecule has 1 aromatic heterocycles. The van der Waals surface area contributed by atoms with Gasteiger partial charge in [-0.25, -0.2) is 0 Å². The minimum absolute atomic E-state index is 0.412. The van der Waals surface area contributed by atoms with Gasteiger partial charge in [0.1, 0.15) is 0 Å². The zero-order valence-corrected chi connectivity index (χ0v) is 14.0. The van der Waals surface area contributed by atoms with Crippen molar-refractivity contribution in [1.82, 2.24) is 10.2 Å². The lowest BCUT2D eigenvalue weighted by Crippen LogP contribution is -2.41. The van der Waals surface area contributed by atoms with E-state index >= 15 is 0 Å². The SMILES string of the molecule is CCNC(=NCC(C)c1ccsc1)N1CCC(C)(C)C1. The molecule has 2 rings (SSSR count). The highest BCUT2D eigenvalue weighted by Crippen LogP contribution is 2.28. The largest absolute Gasteiger partial charge is 0.357 e. The third kappa shape index (κ3) is 3.98. The molecule has 4 heteroatoms. The van der Waals surface area contributed by atoms with Gasteiger partial charge in [-0.15, -0.1) is 0 Å². The summed E-state index contributed by atoms with van der Waals surface area (Å²) in [7, 11) is 0. The summed E-state index contributed by atoms with van der Waals surface area (Å²) >= 11 is 1.76. The molecule has 0 amide bonds. The van der Waals surface area contributed by atoms with Gasteiger partial charge in [-0.2, -0.15) is 11.3 Å². The van der Waals surface area contributed by atoms with Crippen molar-refractivity contribution in [3.8, 4) is 0 Å². The monoisotopic (exact) mass is 293 g/mol. The van der Waals surface area contributed by atoms with Gasteiger partial charge in [-0.3, -0.25) is 4.99 Å². The third-order valence-electron chi connectivity index (χ3n) is 3.94. The molecular formula is C16H27N3S. The van der Waals surface area contributed by atoms with Gasteiger partial charge in [0.2, 0.25) is 0 Å². The van der Waals surface area contributed by atoms with E-state index in [1.54, 1.807) is 11.3 Å². The van der Waals surface area contributed by atoms with Crippen molar-refractivity contribution in [1.29, 1.82) is 0 Å². The summed E-state index contributed by atoms with van der Waals surface area (Å²) in [5.41, 5.74) is 1.81. The molecule has 20 heavy (non-hydrogen) atoms. The van der Waals surface area contributed by atoms with Gasteiger partial charge in [-0.1, -0.05) is 20.8 Å². The molecular weight excluding hydrogens is 266 g/mol. The molecule has 0 bridgehead atoms. The Balaban J connectivity index is 1.99. The molecule has 1 fully saturated rings. The van der Waals surface area contributed by atoms with Crippen molar-refractivity contribution >= 4 is 17.3 Å². The highest BCUT2D eigenvalue weighted by atomic mass is 32.1. The summed E-state index contributed by atoms with van der Waals surface area (Å²) in [4.78, 5) is 7.26. The zero-order valence-electron chi connectivity index (χ0n) is 13.1. The van der Waals surface area contributed by atoms with E-state index in [4.69, 9.17) is 4.99 Å². The molecule has 112 valence electrons. The van der Waals surface area contributed by atoms with Gasteiger partial charge in [-0.05, 0) is 41.1 Å². The van der Waals surface area contributed by atoms with E-state index in [9.17, 15) is 0 Å². The first kappa shape index (κ1) is 15.4. The summed E-state index contributed by atoms with van der Waals surface area (Å²) in [6, 6.07) is 2.21. The Morgan fingerprint density at radius 1 is 1.55 bits per heavy atom. The number of hydrogen-bond acceptors (Lipinski definition) is 2. The Labute approximate surface area is 127 Å². The van der Waals surface area contributed by atoms with E-state index < -0.39 is 0 Å². The topological polar surface area (TPSA) is 27.6 Å². The Kier molecular flexibility index (Phi) is 5.08. The van der Waals surface area contributed by atoms with Crippen molar-refractivity contribution < 1.29 is 0 Å². The van der Waals surface area contributed by atoms with E-state index in [2.05, 4.69) is 54.7 Å². The minimum atomic E-state index is 0.412. The molecule has 1 atom stereocenters. The molecule has 0 aromatic carbocycles. The van der Waals surface area contributed by atoms with Gasteiger partial charge in [0, 0.05) is 32.1 Å². The molecule has 3 nitrogen and oxygen atoms in total. The predicted molar refractivity (Wildman–Crippen MR) is 88.7 cm³/mol. The van der Waals surface area contributed by atoms with Gasteiger partial charge in [0.25, 0.3) is 0 Å². The average molecular weight is 293 g/mol. The van der Waals surface area contributed by atoms with E-state index in [-0.39, 0.29) is 0 Å². The Bertz CT molecular complexity index is 437. The van der Waals surface area contributed by atoms with E-state index in [1.165, 1.54) is 12.0 Å². The van der Waals surface area contributed by atoms with Gasteiger partial charge >= 0.3 is 0 Å². The molecule has 1 aliphatic rings. The molecule has 2 heterocycles. The Morgan fingerprint density at radius 3 is 2.90 bits per heavy atom. The quantitative estimate of drug-likeness (QED) is 0.679. The zero-order chi connectivity index (χ0) is 14.6. The van der Waals surface area contributed by atoms with Crippen LogP contribution in [0.2, 0.25) is 0 Å². The first-order chi connectivity index (χ1) is 9.52. The first-order valence-corrected chi connectivity index (χ1v) is 8.51. The van der Waals surface area contributed by atoms with Crippen molar-refractivity contribution in [2.75, 3.05) is 26.2 Å². The number of rotatable bonds is 4. The van der Waals surface area contributed by atoms with Crippen LogP contribution in [0.4, 0.5) is 0 Å². The van der Waals surface area contributed by atoms with E-state index in [0.717, 1.165) is 32.1 Å². The van der Waals surface area contributed by atoms with Crippen LogP contribution in [0.3, 0.4) is 0 Å². The second-order valence-electron chi connectivity index (χ2n) is 6.49. The second-order valence-corrected chi connectivity index (χ2v) is 7.27. The maximum absolute atomic E-state index is 4.85. The van der Waals surface area contributed by atoms with Crippen molar-refractivity contribution in [2.45, 2.75) is 40.0 Å². The number of guanidine groups is 1. The third-order valence-corrected chi connectivity index (χ3v) is 4.64. The molecule has 0 radical (unpaired) electrons. The maximum Gasteiger partial charge on any atom is 0.193 e. The molecule has 0 saturated carbocycles. The normalized spacial score (nSPS) is 20.2. The summed E-state index contributed by atoms with van der Waals surface area (Å²) < 4.78 is 0. The van der Waals surface area contributed by atoms with Crippen LogP contribution in [0.15, 0.2) is 21.8 Å². The number of thiophene rings is 1. The van der Waals surface area contributed by atoms with Gasteiger partial charge < -0.3 is 10.2 Å². The summed E-state index contributed by atoms with van der Waals surface area (Å²) in [6.45, 7) is 13.1. The highest BCUT2D eigenvalue weighted by molar-refractivity contribution is 7.07. The second kappa shape index (κ2) is 6.61. The van der Waals surface area contributed by atoms with Crippen LogP contribution in [-0.2, 0) is 0 Å². The Morgan fingerprint density at radius 2 is 2.35 bits per heavy atom. The number of nitrogens with one attached hydrogen (secondary N) is 1. The highest BCUT2D eigenvalue weighted by Gasteiger charge is 2.30. The van der Waals surface area contributed by atoms with Crippen LogP contribution < -0.4 is 5.32 Å². The Hall–Kier alpha value is -1.03. The van der Waals surface area contributed by atoms with Crippen LogP contribution in [0.1, 0.15) is 45.6 Å². The van der Waals surface area contributed by atoms with Crippen LogP contribution in [0, 0.1) is 5.41 Å². The molecule has 1 saturated heterocycles. The maximum atomic E-state index is 4.85. The van der Waals surface area contributed by atoms with Crippen LogP contribution in [-0.4, -0.2) is 37.0 Å². The molecule has 0 aliphatic carbocycles. The van der Waals surface area contributed by atoms with Crippen molar-refractivity contribution in [2.24, 2.45) is 10.4 Å². The average Bonchev–Trinajstić information content (AvgIpc) is 3.03. The van der Waals surface area contributed by atoms with Gasteiger partial charge in [0.05, 0.1) is 0 Å². The molecule has 0 spiro atoms.